The van der Waals surface area contributed by atoms with Crippen LogP contribution in [-0.4, -0.2) is 47.0 Å². The fourth-order valence-corrected chi connectivity index (χ4v) is 2.15. The van der Waals surface area contributed by atoms with Gasteiger partial charge in [0.15, 0.2) is 11.6 Å². The number of aromatic nitrogens is 2. The van der Waals surface area contributed by atoms with Crippen LogP contribution in [-0.2, 0) is 4.79 Å². The van der Waals surface area contributed by atoms with Crippen LogP contribution in [0.15, 0.2) is 6.20 Å². The molecule has 7 heteroatoms. The molecule has 20 heavy (non-hydrogen) atoms. The van der Waals surface area contributed by atoms with Crippen LogP contribution in [0.25, 0.3) is 0 Å². The molecule has 1 aromatic rings. The molecule has 0 aliphatic carbocycles. The summed E-state index contributed by atoms with van der Waals surface area (Å²) in [7, 11) is 0. The van der Waals surface area contributed by atoms with Gasteiger partial charge in [0.05, 0.1) is 6.20 Å². The molecule has 0 saturated carbocycles. The van der Waals surface area contributed by atoms with E-state index < -0.39 is 5.82 Å². The van der Waals surface area contributed by atoms with Crippen molar-refractivity contribution >= 4 is 17.7 Å². The van der Waals surface area contributed by atoms with Crippen molar-refractivity contribution in [3.8, 4) is 0 Å². The summed E-state index contributed by atoms with van der Waals surface area (Å²) in [4.78, 5) is 21.5. The van der Waals surface area contributed by atoms with Crippen LogP contribution in [0, 0.1) is 5.82 Å². The first kappa shape index (κ1) is 14.5. The highest BCUT2D eigenvalue weighted by Crippen LogP contribution is 2.12. The van der Waals surface area contributed by atoms with Crippen LogP contribution < -0.4 is 10.6 Å². The quantitative estimate of drug-likeness (QED) is 0.826. The first-order valence-electron chi connectivity index (χ1n) is 6.98. The van der Waals surface area contributed by atoms with E-state index in [1.807, 2.05) is 11.8 Å². The van der Waals surface area contributed by atoms with E-state index >= 15 is 0 Å². The van der Waals surface area contributed by atoms with E-state index in [0.717, 1.165) is 32.1 Å². The average molecular weight is 281 g/mol. The minimum absolute atomic E-state index is 0.108. The SMILES string of the molecule is CCNc1ncc(F)c(NCCC(=O)N2CCCC2)n1. The van der Waals surface area contributed by atoms with E-state index in [0.29, 0.717) is 25.5 Å². The zero-order valence-electron chi connectivity index (χ0n) is 11.7. The Morgan fingerprint density at radius 1 is 1.40 bits per heavy atom. The topological polar surface area (TPSA) is 70.2 Å². The Kier molecular flexibility index (Phi) is 5.09. The number of rotatable bonds is 6. The third-order valence-corrected chi connectivity index (χ3v) is 3.17. The van der Waals surface area contributed by atoms with E-state index in [9.17, 15) is 9.18 Å². The predicted octanol–water partition coefficient (Wildman–Crippen LogP) is 1.47. The van der Waals surface area contributed by atoms with E-state index in [4.69, 9.17) is 0 Å². The molecule has 1 aromatic heterocycles. The molecule has 6 nitrogen and oxygen atoms in total. The Balaban J connectivity index is 1.83. The Morgan fingerprint density at radius 2 is 2.15 bits per heavy atom. The Labute approximate surface area is 117 Å². The number of carbonyl (C=O) groups is 1. The first-order chi connectivity index (χ1) is 9.70. The van der Waals surface area contributed by atoms with Crippen LogP contribution in [0.3, 0.4) is 0 Å². The molecule has 0 spiro atoms. The standard InChI is InChI=1S/C13H20FN5O/c1-2-15-13-17-9-10(14)12(18-13)16-6-5-11(20)19-7-3-4-8-19/h9H,2-8H2,1H3,(H2,15,16,17,18). The first-order valence-corrected chi connectivity index (χ1v) is 6.98. The Bertz CT molecular complexity index is 462. The highest BCUT2D eigenvalue weighted by molar-refractivity contribution is 5.76. The third-order valence-electron chi connectivity index (χ3n) is 3.17. The van der Waals surface area contributed by atoms with Gasteiger partial charge in [-0.15, -0.1) is 0 Å². The third kappa shape index (κ3) is 3.79. The molecule has 0 atom stereocenters. The summed E-state index contributed by atoms with van der Waals surface area (Å²) in [5.74, 6) is 0.101. The molecular weight excluding hydrogens is 261 g/mol. The van der Waals surface area contributed by atoms with Crippen molar-refractivity contribution in [1.29, 1.82) is 0 Å². The van der Waals surface area contributed by atoms with Gasteiger partial charge in [0.2, 0.25) is 11.9 Å². The minimum atomic E-state index is -0.514. The summed E-state index contributed by atoms with van der Waals surface area (Å²) in [5, 5.41) is 5.77. The van der Waals surface area contributed by atoms with Crippen molar-refractivity contribution in [2.75, 3.05) is 36.8 Å². The summed E-state index contributed by atoms with van der Waals surface area (Å²) in [6, 6.07) is 0. The number of likely N-dealkylation sites (tertiary alicyclic amines) is 1. The number of carbonyl (C=O) groups excluding carboxylic acids is 1. The summed E-state index contributed by atoms with van der Waals surface area (Å²) >= 11 is 0. The number of hydrogen-bond acceptors (Lipinski definition) is 5. The van der Waals surface area contributed by atoms with E-state index in [-0.39, 0.29) is 11.7 Å². The smallest absolute Gasteiger partial charge is 0.224 e. The molecule has 2 rings (SSSR count). The van der Waals surface area contributed by atoms with Gasteiger partial charge in [-0.1, -0.05) is 0 Å². The second kappa shape index (κ2) is 7.02. The molecular formula is C13H20FN5O. The molecule has 0 aromatic carbocycles. The fourth-order valence-electron chi connectivity index (χ4n) is 2.15. The van der Waals surface area contributed by atoms with Gasteiger partial charge in [0, 0.05) is 32.6 Å². The molecule has 110 valence electrons. The van der Waals surface area contributed by atoms with Gasteiger partial charge in [-0.2, -0.15) is 4.98 Å². The van der Waals surface area contributed by atoms with Crippen molar-refractivity contribution in [2.45, 2.75) is 26.2 Å². The van der Waals surface area contributed by atoms with Crippen molar-refractivity contribution < 1.29 is 9.18 Å². The lowest BCUT2D eigenvalue weighted by Gasteiger charge is -2.15. The second-order valence-corrected chi connectivity index (χ2v) is 4.69. The number of anilines is 2. The summed E-state index contributed by atoms with van der Waals surface area (Å²) in [5.41, 5.74) is 0. The van der Waals surface area contributed by atoms with Gasteiger partial charge in [-0.25, -0.2) is 9.37 Å². The lowest BCUT2D eigenvalue weighted by Crippen LogP contribution is -2.29. The van der Waals surface area contributed by atoms with Gasteiger partial charge >= 0.3 is 0 Å². The maximum Gasteiger partial charge on any atom is 0.224 e. The molecule has 1 fully saturated rings. The van der Waals surface area contributed by atoms with Gasteiger partial charge < -0.3 is 15.5 Å². The molecule has 1 saturated heterocycles. The molecule has 2 heterocycles. The second-order valence-electron chi connectivity index (χ2n) is 4.69. The molecule has 0 radical (unpaired) electrons. The highest BCUT2D eigenvalue weighted by Gasteiger charge is 2.17. The minimum Gasteiger partial charge on any atom is -0.367 e. The molecule has 0 bridgehead atoms. The predicted molar refractivity (Wildman–Crippen MR) is 75.1 cm³/mol. The maximum absolute atomic E-state index is 13.5. The van der Waals surface area contributed by atoms with E-state index in [2.05, 4.69) is 20.6 Å². The highest BCUT2D eigenvalue weighted by atomic mass is 19.1. The zero-order chi connectivity index (χ0) is 14.4. The number of nitrogens with one attached hydrogen (secondary N) is 2. The summed E-state index contributed by atoms with van der Waals surface area (Å²) < 4.78 is 13.5. The van der Waals surface area contributed by atoms with Crippen molar-refractivity contribution in [2.24, 2.45) is 0 Å². The van der Waals surface area contributed by atoms with Crippen molar-refractivity contribution in [3.05, 3.63) is 12.0 Å². The van der Waals surface area contributed by atoms with E-state index in [1.54, 1.807) is 0 Å². The van der Waals surface area contributed by atoms with Gasteiger partial charge in [0.25, 0.3) is 0 Å². The Hall–Kier alpha value is -1.92. The van der Waals surface area contributed by atoms with E-state index in [1.165, 1.54) is 0 Å². The summed E-state index contributed by atoms with van der Waals surface area (Å²) in [6.45, 7) is 4.62. The number of hydrogen-bond donors (Lipinski definition) is 2. The van der Waals surface area contributed by atoms with Crippen molar-refractivity contribution in [1.82, 2.24) is 14.9 Å². The van der Waals surface area contributed by atoms with Crippen LogP contribution in [0.2, 0.25) is 0 Å². The van der Waals surface area contributed by atoms with Crippen LogP contribution in [0.4, 0.5) is 16.2 Å². The maximum atomic E-state index is 13.5. The number of nitrogens with zero attached hydrogens (tertiary/aromatic N) is 3. The fraction of sp³-hybridized carbons (Fsp3) is 0.615. The molecule has 1 amide bonds. The van der Waals surface area contributed by atoms with Crippen LogP contribution in [0.5, 0.6) is 0 Å². The van der Waals surface area contributed by atoms with Gasteiger partial charge in [0.1, 0.15) is 0 Å². The lowest BCUT2D eigenvalue weighted by atomic mass is 10.3. The summed E-state index contributed by atoms with van der Waals surface area (Å²) in [6.07, 6.45) is 3.62. The Morgan fingerprint density at radius 3 is 2.85 bits per heavy atom. The largest absolute Gasteiger partial charge is 0.367 e. The molecule has 1 aliphatic heterocycles. The molecule has 1 aliphatic rings. The van der Waals surface area contributed by atoms with Crippen molar-refractivity contribution in [3.63, 3.8) is 0 Å². The number of halogens is 1. The monoisotopic (exact) mass is 281 g/mol. The zero-order valence-corrected chi connectivity index (χ0v) is 11.7. The van der Waals surface area contributed by atoms with Gasteiger partial charge in [-0.3, -0.25) is 4.79 Å². The molecule has 0 unspecified atom stereocenters. The lowest BCUT2D eigenvalue weighted by molar-refractivity contribution is -0.129. The number of amides is 1. The van der Waals surface area contributed by atoms with Gasteiger partial charge in [-0.05, 0) is 19.8 Å². The molecule has 2 N–H and O–H groups in total. The average Bonchev–Trinajstić information content (AvgIpc) is 2.96. The normalized spacial score (nSPS) is 14.4. The van der Waals surface area contributed by atoms with Crippen LogP contribution in [0.1, 0.15) is 26.2 Å². The van der Waals surface area contributed by atoms with Crippen LogP contribution >= 0.6 is 0 Å².